The van der Waals surface area contributed by atoms with Gasteiger partial charge in [0.15, 0.2) is 0 Å². The highest BCUT2D eigenvalue weighted by Gasteiger charge is 2.55. The van der Waals surface area contributed by atoms with E-state index >= 15 is 0 Å². The third-order valence-corrected chi connectivity index (χ3v) is 8.73. The van der Waals surface area contributed by atoms with Gasteiger partial charge < -0.3 is 15.1 Å². The number of amides is 2. The molecule has 12 heteroatoms. The molecule has 2 saturated heterocycles. The molecule has 2 amide bonds. The summed E-state index contributed by atoms with van der Waals surface area (Å²) in [6, 6.07) is 12.9. The van der Waals surface area contributed by atoms with Gasteiger partial charge in [0.05, 0.1) is 17.1 Å². The molecule has 1 spiro atoms. The average Bonchev–Trinajstić information content (AvgIpc) is 3.14. The largest absolute Gasteiger partial charge is 0.416 e. The molecule has 0 saturated carbocycles. The van der Waals surface area contributed by atoms with Crippen LogP contribution in [0.2, 0.25) is 0 Å². The van der Waals surface area contributed by atoms with Gasteiger partial charge in [-0.05, 0) is 49.6 Å². The molecule has 0 aromatic heterocycles. The van der Waals surface area contributed by atoms with Crippen LogP contribution in [-0.2, 0) is 25.8 Å². The quantitative estimate of drug-likeness (QED) is 0.586. The van der Waals surface area contributed by atoms with Crippen molar-refractivity contribution in [3.05, 3.63) is 60.2 Å². The number of hydrogen-bond donors (Lipinski definition) is 1. The number of alkyl halides is 3. The van der Waals surface area contributed by atoms with E-state index in [2.05, 4.69) is 5.32 Å². The Labute approximate surface area is 214 Å². The molecule has 37 heavy (non-hydrogen) atoms. The van der Waals surface area contributed by atoms with E-state index < -0.39 is 32.2 Å². The predicted octanol–water partition coefficient (Wildman–Crippen LogP) is 3.06. The Bertz CT molecular complexity index is 1250. The van der Waals surface area contributed by atoms with Crippen LogP contribution in [0.3, 0.4) is 0 Å². The van der Waals surface area contributed by atoms with Gasteiger partial charge in [-0.2, -0.15) is 17.5 Å². The zero-order valence-corrected chi connectivity index (χ0v) is 21.2. The summed E-state index contributed by atoms with van der Waals surface area (Å²) in [6.07, 6.45) is -3.65. The minimum atomic E-state index is -4.67. The first-order chi connectivity index (χ1) is 17.5. The van der Waals surface area contributed by atoms with E-state index in [1.165, 1.54) is 4.90 Å². The zero-order chi connectivity index (χ0) is 26.8. The smallest absolute Gasteiger partial charge is 0.355 e. The standard InChI is InChI=1S/C25H29F3N4O4S/c1-2-13-29-22(33)17-30-18-32(20-8-4-3-5-9-20)24(23(30)34)11-14-31(15-12-24)37(35,36)21-10-6-7-19(16-21)25(26,27)28/h3-10,16H,2,11-15,17-18H2,1H3,(H,29,33). The second-order valence-corrected chi connectivity index (χ2v) is 11.2. The first kappa shape index (κ1) is 26.9. The lowest BCUT2D eigenvalue weighted by Gasteiger charge is -2.42. The first-order valence-electron chi connectivity index (χ1n) is 12.1. The van der Waals surface area contributed by atoms with Crippen LogP contribution in [0.4, 0.5) is 18.9 Å². The van der Waals surface area contributed by atoms with Gasteiger partial charge in [-0.15, -0.1) is 0 Å². The van der Waals surface area contributed by atoms with Crippen LogP contribution in [0.5, 0.6) is 0 Å². The molecule has 0 radical (unpaired) electrons. The molecule has 2 aliphatic rings. The van der Waals surface area contributed by atoms with Crippen LogP contribution in [0.1, 0.15) is 31.7 Å². The highest BCUT2D eigenvalue weighted by atomic mass is 32.2. The van der Waals surface area contributed by atoms with Crippen molar-refractivity contribution < 1.29 is 31.2 Å². The zero-order valence-electron chi connectivity index (χ0n) is 20.4. The SMILES string of the molecule is CCCNC(=O)CN1CN(c2ccccc2)C2(CCN(S(=O)(=O)c3cccc(C(F)(F)F)c3)CC2)C1=O. The molecule has 0 atom stereocenters. The minimum absolute atomic E-state index is 0.0521. The number of nitrogens with zero attached hydrogens (tertiary/aromatic N) is 3. The van der Waals surface area contributed by atoms with Crippen molar-refractivity contribution >= 4 is 27.5 Å². The number of sulfonamides is 1. The first-order valence-corrected chi connectivity index (χ1v) is 13.5. The Hall–Kier alpha value is -3.12. The van der Waals surface area contributed by atoms with Gasteiger partial charge in [-0.25, -0.2) is 8.42 Å². The van der Waals surface area contributed by atoms with E-state index in [4.69, 9.17) is 0 Å². The maximum atomic E-state index is 13.7. The van der Waals surface area contributed by atoms with Crippen molar-refractivity contribution in [2.75, 3.05) is 37.7 Å². The van der Waals surface area contributed by atoms with Crippen LogP contribution >= 0.6 is 0 Å². The average molecular weight is 539 g/mol. The molecule has 2 fully saturated rings. The molecule has 2 aromatic carbocycles. The summed E-state index contributed by atoms with van der Waals surface area (Å²) in [5.41, 5.74) is -1.34. The Morgan fingerprint density at radius 2 is 1.73 bits per heavy atom. The van der Waals surface area contributed by atoms with E-state index in [1.807, 2.05) is 42.2 Å². The highest BCUT2D eigenvalue weighted by molar-refractivity contribution is 7.89. The summed E-state index contributed by atoms with van der Waals surface area (Å²) in [5.74, 6) is -0.538. The van der Waals surface area contributed by atoms with Crippen LogP contribution in [0.25, 0.3) is 0 Å². The lowest BCUT2D eigenvalue weighted by molar-refractivity contribution is -0.137. The summed E-state index contributed by atoms with van der Waals surface area (Å²) in [6.45, 7) is 2.37. The fourth-order valence-electron chi connectivity index (χ4n) is 4.89. The third-order valence-electron chi connectivity index (χ3n) is 6.84. The number of anilines is 1. The monoisotopic (exact) mass is 538 g/mol. The fourth-order valence-corrected chi connectivity index (χ4v) is 6.38. The molecule has 4 rings (SSSR count). The number of hydrogen-bond acceptors (Lipinski definition) is 5. The maximum Gasteiger partial charge on any atom is 0.416 e. The summed E-state index contributed by atoms with van der Waals surface area (Å²) >= 11 is 0. The normalized spacial score (nSPS) is 18.4. The lowest BCUT2D eigenvalue weighted by Crippen LogP contribution is -2.57. The van der Waals surface area contributed by atoms with Gasteiger partial charge >= 0.3 is 6.18 Å². The molecule has 2 heterocycles. The topological polar surface area (TPSA) is 90.0 Å². The summed E-state index contributed by atoms with van der Waals surface area (Å²) in [5, 5.41) is 2.77. The Kier molecular flexibility index (Phi) is 7.52. The molecule has 200 valence electrons. The lowest BCUT2D eigenvalue weighted by atomic mass is 9.86. The number of benzene rings is 2. The molecular weight excluding hydrogens is 509 g/mol. The van der Waals surface area contributed by atoms with E-state index in [1.54, 1.807) is 0 Å². The molecule has 1 N–H and O–H groups in total. The number of rotatable bonds is 7. The van der Waals surface area contributed by atoms with Gasteiger partial charge in [0.25, 0.3) is 0 Å². The van der Waals surface area contributed by atoms with E-state index in [-0.39, 0.29) is 51.0 Å². The molecule has 2 aromatic rings. The summed E-state index contributed by atoms with van der Waals surface area (Å²) in [7, 11) is -4.21. The highest BCUT2D eigenvalue weighted by Crippen LogP contribution is 2.40. The van der Waals surface area contributed by atoms with Crippen molar-refractivity contribution in [2.24, 2.45) is 0 Å². The van der Waals surface area contributed by atoms with Gasteiger partial charge in [-0.1, -0.05) is 31.2 Å². The molecular formula is C25H29F3N4O4S. The number of nitrogens with one attached hydrogen (secondary N) is 1. The Morgan fingerprint density at radius 3 is 2.35 bits per heavy atom. The minimum Gasteiger partial charge on any atom is -0.355 e. The van der Waals surface area contributed by atoms with Crippen LogP contribution in [0.15, 0.2) is 59.5 Å². The molecule has 0 unspecified atom stereocenters. The van der Waals surface area contributed by atoms with Crippen LogP contribution < -0.4 is 10.2 Å². The van der Waals surface area contributed by atoms with Crippen molar-refractivity contribution in [3.8, 4) is 0 Å². The predicted molar refractivity (Wildman–Crippen MR) is 131 cm³/mol. The van der Waals surface area contributed by atoms with Gasteiger partial charge in [0.2, 0.25) is 21.8 Å². The fraction of sp³-hybridized carbons (Fsp3) is 0.440. The van der Waals surface area contributed by atoms with Crippen molar-refractivity contribution in [1.29, 1.82) is 0 Å². The maximum absolute atomic E-state index is 13.7. The van der Waals surface area contributed by atoms with Crippen LogP contribution in [-0.4, -0.2) is 67.8 Å². The molecule has 8 nitrogen and oxygen atoms in total. The van der Waals surface area contributed by atoms with Crippen molar-refractivity contribution in [2.45, 2.75) is 42.8 Å². The second kappa shape index (κ2) is 10.3. The van der Waals surface area contributed by atoms with Gasteiger partial charge in [-0.3, -0.25) is 9.59 Å². The number of para-hydroxylation sites is 1. The summed E-state index contributed by atoms with van der Waals surface area (Å²) < 4.78 is 67.0. The van der Waals surface area contributed by atoms with Crippen LogP contribution in [0, 0.1) is 0 Å². The third kappa shape index (κ3) is 5.30. The molecule has 0 aliphatic carbocycles. The van der Waals surface area contributed by atoms with Gasteiger partial charge in [0, 0.05) is 25.3 Å². The number of piperidine rings is 1. The Morgan fingerprint density at radius 1 is 1.05 bits per heavy atom. The Balaban J connectivity index is 1.58. The second-order valence-electron chi connectivity index (χ2n) is 9.22. The summed E-state index contributed by atoms with van der Waals surface area (Å²) in [4.78, 5) is 29.0. The van der Waals surface area contributed by atoms with E-state index in [9.17, 15) is 31.2 Å². The van der Waals surface area contributed by atoms with Crippen molar-refractivity contribution in [3.63, 3.8) is 0 Å². The molecule has 2 aliphatic heterocycles. The number of halogens is 3. The van der Waals surface area contributed by atoms with E-state index in [0.29, 0.717) is 12.6 Å². The number of carbonyl (C=O) groups is 2. The van der Waals surface area contributed by atoms with Gasteiger partial charge in [0.1, 0.15) is 12.1 Å². The number of carbonyl (C=O) groups excluding carboxylic acids is 2. The van der Waals surface area contributed by atoms with E-state index in [0.717, 1.165) is 34.6 Å². The van der Waals surface area contributed by atoms with Crippen molar-refractivity contribution in [1.82, 2.24) is 14.5 Å². The molecule has 0 bridgehead atoms.